The van der Waals surface area contributed by atoms with E-state index in [0.717, 1.165) is 0 Å². The van der Waals surface area contributed by atoms with Gasteiger partial charge in [0.25, 0.3) is 0 Å². The van der Waals surface area contributed by atoms with Crippen molar-refractivity contribution in [1.82, 2.24) is 0 Å². The Bertz CT molecular complexity index is 580. The molecule has 0 radical (unpaired) electrons. The van der Waals surface area contributed by atoms with Gasteiger partial charge < -0.3 is 9.84 Å². The molecule has 0 saturated carbocycles. The molecule has 1 heterocycles. The summed E-state index contributed by atoms with van der Waals surface area (Å²) >= 11 is 1.38. The third-order valence-electron chi connectivity index (χ3n) is 2.53. The molecule has 0 spiro atoms. The zero-order chi connectivity index (χ0) is 13.1. The summed E-state index contributed by atoms with van der Waals surface area (Å²) in [5.41, 5.74) is 6.19. The summed E-state index contributed by atoms with van der Waals surface area (Å²) in [5.74, 6) is 0.198. The number of thiazole rings is 1. The fourth-order valence-electron chi connectivity index (χ4n) is 1.54. The predicted octanol–water partition coefficient (Wildman–Crippen LogP) is 1.21. The van der Waals surface area contributed by atoms with Crippen molar-refractivity contribution in [2.75, 3.05) is 12.8 Å². The van der Waals surface area contributed by atoms with E-state index >= 15 is 0 Å². The molecule has 1 aromatic carbocycles. The highest BCUT2D eigenvalue weighted by atomic mass is 32.1. The van der Waals surface area contributed by atoms with Crippen LogP contribution in [0.4, 0.5) is 5.13 Å². The van der Waals surface area contributed by atoms with Crippen LogP contribution < -0.4 is 15.0 Å². The van der Waals surface area contributed by atoms with Crippen LogP contribution in [0.5, 0.6) is 11.5 Å². The molecule has 0 aliphatic carbocycles. The van der Waals surface area contributed by atoms with Gasteiger partial charge in [-0.3, -0.25) is 10.5 Å². The van der Waals surface area contributed by atoms with Crippen molar-refractivity contribution in [2.24, 2.45) is 0 Å². The molecule has 0 unspecified atom stereocenters. The lowest BCUT2D eigenvalue weighted by molar-refractivity contribution is -0.664. The second-order valence-corrected chi connectivity index (χ2v) is 4.61. The van der Waals surface area contributed by atoms with Crippen LogP contribution in [0.15, 0.2) is 29.8 Å². The Labute approximate surface area is 108 Å². The third-order valence-corrected chi connectivity index (χ3v) is 3.26. The van der Waals surface area contributed by atoms with Crippen molar-refractivity contribution >= 4 is 22.3 Å². The van der Waals surface area contributed by atoms with E-state index in [1.807, 2.05) is 5.38 Å². The van der Waals surface area contributed by atoms with Gasteiger partial charge in [0.05, 0.1) is 7.11 Å². The number of aromatic hydroxyl groups is 1. The van der Waals surface area contributed by atoms with E-state index in [-0.39, 0.29) is 23.8 Å². The molecule has 6 heteroatoms. The van der Waals surface area contributed by atoms with E-state index < -0.39 is 0 Å². The van der Waals surface area contributed by atoms with Crippen LogP contribution >= 0.6 is 11.3 Å². The number of Topliss-reactive ketones (excluding diaryl/α,β-unsaturated/α-hetero) is 1. The topological polar surface area (TPSA) is 76.4 Å². The lowest BCUT2D eigenvalue weighted by Gasteiger charge is -2.05. The monoisotopic (exact) mass is 265 g/mol. The first-order valence-electron chi connectivity index (χ1n) is 5.24. The summed E-state index contributed by atoms with van der Waals surface area (Å²) in [6, 6.07) is 4.51. The minimum atomic E-state index is -0.0941. The largest absolute Gasteiger partial charge is 0.504 e. The minimum Gasteiger partial charge on any atom is -0.504 e. The molecule has 2 aromatic rings. The number of phenolic OH excluding ortho intramolecular Hbond substituents is 1. The molecule has 0 saturated heterocycles. The van der Waals surface area contributed by atoms with Crippen molar-refractivity contribution in [3.8, 4) is 11.5 Å². The van der Waals surface area contributed by atoms with E-state index in [2.05, 4.69) is 0 Å². The van der Waals surface area contributed by atoms with Gasteiger partial charge in [-0.2, -0.15) is 0 Å². The van der Waals surface area contributed by atoms with Crippen LogP contribution in [0, 0.1) is 0 Å². The summed E-state index contributed by atoms with van der Waals surface area (Å²) in [5, 5.41) is 11.9. The summed E-state index contributed by atoms with van der Waals surface area (Å²) in [7, 11) is 1.44. The number of aromatic nitrogens is 1. The molecule has 0 atom stereocenters. The molecule has 1 aromatic heterocycles. The smallest absolute Gasteiger partial charge is 0.332 e. The van der Waals surface area contributed by atoms with Crippen LogP contribution in [0.25, 0.3) is 0 Å². The number of nitrogens with zero attached hydrogens (tertiary/aromatic N) is 1. The maximum absolute atomic E-state index is 12.0. The highest BCUT2D eigenvalue weighted by Crippen LogP contribution is 2.26. The van der Waals surface area contributed by atoms with E-state index in [1.54, 1.807) is 16.8 Å². The maximum atomic E-state index is 12.0. The van der Waals surface area contributed by atoms with Crippen LogP contribution in [-0.2, 0) is 6.54 Å². The molecule has 2 rings (SSSR count). The number of carbonyl (C=O) groups excluding carboxylic acids is 1. The van der Waals surface area contributed by atoms with E-state index in [4.69, 9.17) is 10.5 Å². The molecule has 94 valence electrons. The molecular formula is C12H13N2O3S+. The highest BCUT2D eigenvalue weighted by molar-refractivity contribution is 7.12. The van der Waals surface area contributed by atoms with E-state index in [1.165, 1.54) is 30.6 Å². The molecular weight excluding hydrogens is 252 g/mol. The average Bonchev–Trinajstić information content (AvgIpc) is 2.75. The quantitative estimate of drug-likeness (QED) is 0.643. The summed E-state index contributed by atoms with van der Waals surface area (Å²) < 4.78 is 6.64. The second-order valence-electron chi connectivity index (χ2n) is 3.68. The van der Waals surface area contributed by atoms with Gasteiger partial charge in [-0.1, -0.05) is 11.3 Å². The first-order valence-corrected chi connectivity index (χ1v) is 6.12. The summed E-state index contributed by atoms with van der Waals surface area (Å²) in [6.07, 6.45) is 1.76. The number of rotatable bonds is 4. The Morgan fingerprint density at radius 3 is 2.94 bits per heavy atom. The van der Waals surface area contributed by atoms with Gasteiger partial charge >= 0.3 is 5.13 Å². The van der Waals surface area contributed by atoms with Crippen LogP contribution in [0.3, 0.4) is 0 Å². The molecule has 0 amide bonds. The first-order chi connectivity index (χ1) is 8.61. The Kier molecular flexibility index (Phi) is 3.47. The predicted molar refractivity (Wildman–Crippen MR) is 67.9 cm³/mol. The van der Waals surface area contributed by atoms with Gasteiger partial charge in [0.2, 0.25) is 5.78 Å². The van der Waals surface area contributed by atoms with Gasteiger partial charge in [0.15, 0.2) is 18.0 Å². The molecule has 0 aliphatic rings. The molecule has 3 N–H and O–H groups in total. The van der Waals surface area contributed by atoms with Crippen LogP contribution in [0.1, 0.15) is 10.4 Å². The number of ketones is 1. The Morgan fingerprint density at radius 1 is 1.56 bits per heavy atom. The number of benzene rings is 1. The maximum Gasteiger partial charge on any atom is 0.332 e. The zero-order valence-electron chi connectivity index (χ0n) is 9.79. The second kappa shape index (κ2) is 5.05. The molecule has 0 aliphatic heterocycles. The van der Waals surface area contributed by atoms with Gasteiger partial charge in [-0.25, -0.2) is 4.57 Å². The normalized spacial score (nSPS) is 10.3. The standard InChI is InChI=1S/C12H12N2O3S/c1-17-11-6-8(2-3-9(11)15)10(16)7-14-4-5-18-12(14)13/h2-6,13H,7H2,1H3,(H,15,16)/p+1. The minimum absolute atomic E-state index is 0.0109. The number of methoxy groups -OCH3 is 1. The number of nitrogen functional groups attached to an aromatic ring is 1. The first kappa shape index (κ1) is 12.4. The highest BCUT2D eigenvalue weighted by Gasteiger charge is 2.15. The fourth-order valence-corrected chi connectivity index (χ4v) is 2.15. The number of phenols is 1. The number of carbonyl (C=O) groups is 1. The Hall–Kier alpha value is -2.08. The number of anilines is 1. The van der Waals surface area contributed by atoms with Gasteiger partial charge in [0.1, 0.15) is 6.20 Å². The Morgan fingerprint density at radius 2 is 2.33 bits per heavy atom. The number of hydrogen-bond donors (Lipinski definition) is 2. The number of ether oxygens (including phenoxy) is 1. The van der Waals surface area contributed by atoms with Gasteiger partial charge in [-0.05, 0) is 18.2 Å². The van der Waals surface area contributed by atoms with Crippen molar-refractivity contribution in [3.05, 3.63) is 35.3 Å². The Balaban J connectivity index is 2.21. The molecule has 0 fully saturated rings. The lowest BCUT2D eigenvalue weighted by Crippen LogP contribution is -2.38. The van der Waals surface area contributed by atoms with Crippen molar-refractivity contribution in [1.29, 1.82) is 0 Å². The third kappa shape index (κ3) is 2.43. The fraction of sp³-hybridized carbons (Fsp3) is 0.167. The van der Waals surface area contributed by atoms with E-state index in [0.29, 0.717) is 10.7 Å². The number of nitrogens with two attached hydrogens (primary N) is 1. The lowest BCUT2D eigenvalue weighted by atomic mass is 10.1. The van der Waals surface area contributed by atoms with Crippen molar-refractivity contribution < 1.29 is 19.2 Å². The van der Waals surface area contributed by atoms with Crippen LogP contribution in [-0.4, -0.2) is 18.0 Å². The van der Waals surface area contributed by atoms with Crippen molar-refractivity contribution in [3.63, 3.8) is 0 Å². The van der Waals surface area contributed by atoms with E-state index in [9.17, 15) is 9.90 Å². The zero-order valence-corrected chi connectivity index (χ0v) is 10.6. The molecule has 5 nitrogen and oxygen atoms in total. The number of hydrogen-bond acceptors (Lipinski definition) is 5. The van der Waals surface area contributed by atoms with Crippen LogP contribution in [0.2, 0.25) is 0 Å². The van der Waals surface area contributed by atoms with Gasteiger partial charge in [-0.15, -0.1) is 0 Å². The molecule has 0 bridgehead atoms. The molecule has 18 heavy (non-hydrogen) atoms. The summed E-state index contributed by atoms with van der Waals surface area (Å²) in [6.45, 7) is 0.170. The SMILES string of the molecule is COc1cc(C(=O)C[n+]2ccsc2N)ccc1O. The van der Waals surface area contributed by atoms with Crippen molar-refractivity contribution in [2.45, 2.75) is 6.54 Å². The summed E-state index contributed by atoms with van der Waals surface area (Å²) in [4.78, 5) is 12.0. The average molecular weight is 265 g/mol. The van der Waals surface area contributed by atoms with Gasteiger partial charge in [0, 0.05) is 10.9 Å².